The van der Waals surface area contributed by atoms with Crippen molar-refractivity contribution in [1.82, 2.24) is 19.9 Å². The van der Waals surface area contributed by atoms with Crippen LogP contribution in [0.3, 0.4) is 0 Å². The normalized spacial score (nSPS) is 15.9. The van der Waals surface area contributed by atoms with Crippen LogP contribution in [0.25, 0.3) is 23.0 Å². The Morgan fingerprint density at radius 3 is 2.63 bits per heavy atom. The Morgan fingerprint density at radius 2 is 1.87 bits per heavy atom. The van der Waals surface area contributed by atoms with Crippen LogP contribution in [0.4, 0.5) is 0 Å². The highest BCUT2D eigenvalue weighted by atomic mass is 16.5. The van der Waals surface area contributed by atoms with Crippen LogP contribution in [-0.4, -0.2) is 26.0 Å². The topological polar surface area (TPSA) is 75.2 Å². The van der Waals surface area contributed by atoms with Gasteiger partial charge in [0.1, 0.15) is 11.9 Å². The van der Waals surface area contributed by atoms with Crippen molar-refractivity contribution in [2.45, 2.75) is 39.2 Å². The number of benzene rings is 2. The molecule has 1 aliphatic rings. The molecule has 2 aromatic carbocycles. The minimum absolute atomic E-state index is 0.0173. The molecule has 5 rings (SSSR count). The van der Waals surface area contributed by atoms with E-state index in [1.165, 1.54) is 0 Å². The number of hydrogen-bond donors (Lipinski definition) is 0. The molecule has 1 atom stereocenters. The van der Waals surface area contributed by atoms with E-state index in [9.17, 15) is 0 Å². The van der Waals surface area contributed by atoms with Gasteiger partial charge in [0.15, 0.2) is 5.69 Å². The van der Waals surface area contributed by atoms with E-state index >= 15 is 0 Å². The van der Waals surface area contributed by atoms with Crippen LogP contribution in [0, 0.1) is 0 Å². The van der Waals surface area contributed by atoms with Gasteiger partial charge in [-0.15, -0.1) is 0 Å². The zero-order chi connectivity index (χ0) is 20.5. The second-order valence-electron chi connectivity index (χ2n) is 7.53. The summed E-state index contributed by atoms with van der Waals surface area (Å²) in [4.78, 5) is 4.53. The number of ether oxygens (including phenoxy) is 2. The summed E-state index contributed by atoms with van der Waals surface area (Å²) < 4.78 is 19.1. The van der Waals surface area contributed by atoms with Crippen molar-refractivity contribution >= 4 is 0 Å². The fraction of sp³-hybridized carbons (Fsp3) is 0.261. The van der Waals surface area contributed by atoms with Crippen LogP contribution in [0.15, 0.2) is 65.2 Å². The summed E-state index contributed by atoms with van der Waals surface area (Å²) in [6, 6.07) is 19.8. The number of nitrogens with zero attached hydrogens (tertiary/aromatic N) is 4. The highest BCUT2D eigenvalue weighted by Gasteiger charge is 2.24. The molecular weight excluding hydrogens is 380 g/mol. The number of rotatable bonds is 5. The third-order valence-electron chi connectivity index (χ3n) is 4.94. The van der Waals surface area contributed by atoms with E-state index in [0.29, 0.717) is 30.6 Å². The molecule has 0 radical (unpaired) electrons. The van der Waals surface area contributed by atoms with Crippen molar-refractivity contribution < 1.29 is 14.0 Å². The minimum Gasteiger partial charge on any atom is -0.491 e. The SMILES string of the molecule is CC(C)Oc1ccc(-c2noc(-c3cc4n(n3)CC(c3ccccc3)OC4)n2)cc1. The van der Waals surface area contributed by atoms with Gasteiger partial charge in [-0.3, -0.25) is 4.68 Å². The third kappa shape index (κ3) is 3.71. The molecular formula is C23H22N4O3. The number of hydrogen-bond acceptors (Lipinski definition) is 6. The molecule has 30 heavy (non-hydrogen) atoms. The van der Waals surface area contributed by atoms with E-state index in [1.54, 1.807) is 0 Å². The van der Waals surface area contributed by atoms with Crippen LogP contribution in [0.1, 0.15) is 31.2 Å². The summed E-state index contributed by atoms with van der Waals surface area (Å²) >= 11 is 0. The van der Waals surface area contributed by atoms with E-state index in [0.717, 1.165) is 22.6 Å². The summed E-state index contributed by atoms with van der Waals surface area (Å²) in [5.41, 5.74) is 3.65. The van der Waals surface area contributed by atoms with E-state index in [4.69, 9.17) is 14.0 Å². The maximum absolute atomic E-state index is 6.01. The van der Waals surface area contributed by atoms with Gasteiger partial charge in [0.25, 0.3) is 5.89 Å². The lowest BCUT2D eigenvalue weighted by Gasteiger charge is -2.24. The summed E-state index contributed by atoms with van der Waals surface area (Å²) in [6.45, 7) is 5.14. The lowest BCUT2D eigenvalue weighted by atomic mass is 10.1. The van der Waals surface area contributed by atoms with Gasteiger partial charge in [-0.05, 0) is 49.7 Å². The summed E-state index contributed by atoms with van der Waals surface area (Å²) in [5.74, 6) is 1.73. The molecule has 0 spiro atoms. The smallest absolute Gasteiger partial charge is 0.278 e. The van der Waals surface area contributed by atoms with Gasteiger partial charge in [-0.2, -0.15) is 10.1 Å². The molecule has 4 aromatic rings. The van der Waals surface area contributed by atoms with Gasteiger partial charge in [-0.25, -0.2) is 0 Å². The van der Waals surface area contributed by atoms with Crippen molar-refractivity contribution in [2.75, 3.05) is 0 Å². The summed E-state index contributed by atoms with van der Waals surface area (Å²) in [6.07, 6.45) is 0.112. The van der Waals surface area contributed by atoms with E-state index in [1.807, 2.05) is 67.1 Å². The predicted molar refractivity (Wildman–Crippen MR) is 111 cm³/mol. The fourth-order valence-electron chi connectivity index (χ4n) is 3.50. The molecule has 0 N–H and O–H groups in total. The monoisotopic (exact) mass is 402 g/mol. The minimum atomic E-state index is -0.0173. The molecule has 0 saturated carbocycles. The Balaban J connectivity index is 1.34. The molecule has 0 bridgehead atoms. The van der Waals surface area contributed by atoms with Crippen molar-refractivity contribution in [2.24, 2.45) is 0 Å². The maximum Gasteiger partial charge on any atom is 0.278 e. The lowest BCUT2D eigenvalue weighted by molar-refractivity contribution is -0.00113. The molecule has 3 heterocycles. The Labute approximate surface area is 174 Å². The Hall–Kier alpha value is -3.45. The van der Waals surface area contributed by atoms with E-state index < -0.39 is 0 Å². The zero-order valence-corrected chi connectivity index (χ0v) is 16.9. The van der Waals surface area contributed by atoms with Crippen molar-refractivity contribution in [1.29, 1.82) is 0 Å². The summed E-state index contributed by atoms with van der Waals surface area (Å²) in [7, 11) is 0. The van der Waals surface area contributed by atoms with Crippen LogP contribution in [-0.2, 0) is 17.9 Å². The maximum atomic E-state index is 6.01. The van der Waals surface area contributed by atoms with Crippen LogP contribution in [0.2, 0.25) is 0 Å². The van der Waals surface area contributed by atoms with Crippen molar-refractivity contribution in [3.05, 3.63) is 71.9 Å². The fourth-order valence-corrected chi connectivity index (χ4v) is 3.50. The molecule has 1 aliphatic heterocycles. The van der Waals surface area contributed by atoms with Crippen LogP contribution < -0.4 is 4.74 Å². The molecule has 7 heteroatoms. The highest BCUT2D eigenvalue weighted by Crippen LogP contribution is 2.29. The van der Waals surface area contributed by atoms with Gasteiger partial charge < -0.3 is 14.0 Å². The van der Waals surface area contributed by atoms with Crippen LogP contribution >= 0.6 is 0 Å². The second-order valence-corrected chi connectivity index (χ2v) is 7.53. The second kappa shape index (κ2) is 7.76. The average Bonchev–Trinajstić information content (AvgIpc) is 3.41. The standard InChI is InChI=1S/C23H22N4O3/c1-15(2)29-19-10-8-17(9-11-19)22-24-23(30-26-22)20-12-18-14-28-21(13-27(18)25-20)16-6-4-3-5-7-16/h3-12,15,21H,13-14H2,1-2H3. The third-order valence-corrected chi connectivity index (χ3v) is 4.94. The number of fused-ring (bicyclic) bond motifs is 1. The van der Waals surface area contributed by atoms with Gasteiger partial charge in [-0.1, -0.05) is 35.5 Å². The first kappa shape index (κ1) is 18.6. The van der Waals surface area contributed by atoms with Gasteiger partial charge >= 0.3 is 0 Å². The van der Waals surface area contributed by atoms with E-state index in [-0.39, 0.29) is 12.2 Å². The van der Waals surface area contributed by atoms with Gasteiger partial charge in [0.05, 0.1) is 24.9 Å². The van der Waals surface area contributed by atoms with Crippen LogP contribution in [0.5, 0.6) is 5.75 Å². The lowest BCUT2D eigenvalue weighted by Crippen LogP contribution is -2.21. The Kier molecular flexibility index (Phi) is 4.80. The molecule has 152 valence electrons. The van der Waals surface area contributed by atoms with Crippen molar-refractivity contribution in [3.63, 3.8) is 0 Å². The zero-order valence-electron chi connectivity index (χ0n) is 16.9. The Morgan fingerprint density at radius 1 is 1.07 bits per heavy atom. The predicted octanol–water partition coefficient (Wildman–Crippen LogP) is 4.66. The molecule has 1 unspecified atom stereocenters. The first-order valence-corrected chi connectivity index (χ1v) is 10.00. The van der Waals surface area contributed by atoms with E-state index in [2.05, 4.69) is 27.4 Å². The average molecular weight is 402 g/mol. The Bertz CT molecular complexity index is 1130. The molecule has 0 fully saturated rings. The molecule has 0 saturated heterocycles. The number of aromatic nitrogens is 4. The van der Waals surface area contributed by atoms with Gasteiger partial charge in [0.2, 0.25) is 5.82 Å². The molecule has 0 aliphatic carbocycles. The quantitative estimate of drug-likeness (QED) is 0.483. The molecule has 2 aromatic heterocycles. The molecule has 0 amide bonds. The largest absolute Gasteiger partial charge is 0.491 e. The van der Waals surface area contributed by atoms with Gasteiger partial charge in [0, 0.05) is 5.56 Å². The summed E-state index contributed by atoms with van der Waals surface area (Å²) in [5, 5.41) is 8.79. The van der Waals surface area contributed by atoms with Crippen molar-refractivity contribution in [3.8, 4) is 28.7 Å². The first-order chi connectivity index (χ1) is 14.7. The first-order valence-electron chi connectivity index (χ1n) is 10.00. The molecule has 7 nitrogen and oxygen atoms in total. The highest BCUT2D eigenvalue weighted by molar-refractivity contribution is 5.59.